The highest BCUT2D eigenvalue weighted by Crippen LogP contribution is 2.19. The molecule has 1 heterocycles. The van der Waals surface area contributed by atoms with Gasteiger partial charge in [-0.25, -0.2) is 0 Å². The summed E-state index contributed by atoms with van der Waals surface area (Å²) in [6.45, 7) is 3.13. The Morgan fingerprint density at radius 1 is 0.821 bits per heavy atom. The van der Waals surface area contributed by atoms with Crippen molar-refractivity contribution in [2.24, 2.45) is 0 Å². The van der Waals surface area contributed by atoms with E-state index < -0.39 is 0 Å². The number of unbranched alkanes of at least 4 members (excludes halogenated alkanes) is 5. The van der Waals surface area contributed by atoms with Crippen molar-refractivity contribution in [3.63, 3.8) is 0 Å². The number of nitrogens with one attached hydrogen (secondary N) is 1. The highest BCUT2D eigenvalue weighted by Gasteiger charge is 2.14. The maximum atomic E-state index is 5.92. The highest BCUT2D eigenvalue weighted by atomic mass is 16.7. The van der Waals surface area contributed by atoms with Gasteiger partial charge in [-0.3, -0.25) is 0 Å². The van der Waals surface area contributed by atoms with Crippen LogP contribution in [0.5, 0.6) is 5.75 Å². The van der Waals surface area contributed by atoms with Gasteiger partial charge in [0.25, 0.3) is 0 Å². The van der Waals surface area contributed by atoms with Crippen molar-refractivity contribution < 1.29 is 14.2 Å². The first-order chi connectivity index (χ1) is 13.9. The first-order valence-electron chi connectivity index (χ1n) is 10.6. The smallest absolute Gasteiger partial charge is 0.157 e. The van der Waals surface area contributed by atoms with E-state index in [2.05, 4.69) is 41.7 Å². The van der Waals surface area contributed by atoms with Crippen LogP contribution in [0, 0.1) is 0 Å². The summed E-state index contributed by atoms with van der Waals surface area (Å²) in [6.07, 6.45) is 8.45. The standard InChI is InChI=1S/C24H33NO3/c1(3-8-15-24-27-17-18-28-24)2-4-9-16-26-23-14-10-13-22(19-23)25-20-21-11-6-5-7-12-21/h5-7,10-14,19,24-25H,1-4,8-9,15-18,20H2. The van der Waals surface area contributed by atoms with Crippen molar-refractivity contribution >= 4 is 5.69 Å². The number of hydrogen-bond donors (Lipinski definition) is 1. The lowest BCUT2D eigenvalue weighted by atomic mass is 10.1. The molecule has 1 aliphatic rings. The average Bonchev–Trinajstić information content (AvgIpc) is 3.26. The fraction of sp³-hybridized carbons (Fsp3) is 0.500. The second-order valence-corrected chi connectivity index (χ2v) is 7.30. The molecular weight excluding hydrogens is 350 g/mol. The third-order valence-electron chi connectivity index (χ3n) is 4.97. The predicted molar refractivity (Wildman–Crippen MR) is 114 cm³/mol. The van der Waals surface area contributed by atoms with Crippen LogP contribution in [0.25, 0.3) is 0 Å². The predicted octanol–water partition coefficient (Wildman–Crippen LogP) is 5.78. The molecule has 0 aliphatic carbocycles. The Kier molecular flexibility index (Phi) is 9.18. The molecule has 0 unspecified atom stereocenters. The van der Waals surface area contributed by atoms with Crippen LogP contribution in [0.2, 0.25) is 0 Å². The molecule has 4 nitrogen and oxygen atoms in total. The van der Waals surface area contributed by atoms with Crippen LogP contribution in [0.3, 0.4) is 0 Å². The minimum Gasteiger partial charge on any atom is -0.494 e. The zero-order valence-electron chi connectivity index (χ0n) is 16.8. The summed E-state index contributed by atoms with van der Waals surface area (Å²) in [4.78, 5) is 0. The second-order valence-electron chi connectivity index (χ2n) is 7.30. The SMILES string of the molecule is c1ccc(CNc2cccc(OCCCCCCCCC3OCCO3)c2)cc1. The Morgan fingerprint density at radius 3 is 2.39 bits per heavy atom. The summed E-state index contributed by atoms with van der Waals surface area (Å²) in [5.74, 6) is 0.939. The van der Waals surface area contributed by atoms with Gasteiger partial charge in [0.1, 0.15) is 5.75 Å². The zero-order chi connectivity index (χ0) is 19.3. The van der Waals surface area contributed by atoms with Gasteiger partial charge in [-0.2, -0.15) is 0 Å². The quantitative estimate of drug-likeness (QED) is 0.445. The number of anilines is 1. The van der Waals surface area contributed by atoms with Crippen LogP contribution in [-0.2, 0) is 16.0 Å². The van der Waals surface area contributed by atoms with Crippen molar-refractivity contribution in [1.82, 2.24) is 0 Å². The van der Waals surface area contributed by atoms with Gasteiger partial charge >= 0.3 is 0 Å². The zero-order valence-corrected chi connectivity index (χ0v) is 16.8. The van der Waals surface area contributed by atoms with E-state index in [4.69, 9.17) is 14.2 Å². The van der Waals surface area contributed by atoms with E-state index in [0.717, 1.165) is 50.6 Å². The van der Waals surface area contributed by atoms with Crippen LogP contribution < -0.4 is 10.1 Å². The average molecular weight is 384 g/mol. The van der Waals surface area contributed by atoms with E-state index in [-0.39, 0.29) is 6.29 Å². The van der Waals surface area contributed by atoms with Crippen molar-refractivity contribution in [3.8, 4) is 5.75 Å². The summed E-state index contributed by atoms with van der Waals surface area (Å²) >= 11 is 0. The molecule has 1 fully saturated rings. The second kappa shape index (κ2) is 12.4. The van der Waals surface area contributed by atoms with Gasteiger partial charge in [0.15, 0.2) is 6.29 Å². The Labute approximate surface area is 169 Å². The molecule has 2 aromatic rings. The lowest BCUT2D eigenvalue weighted by Gasteiger charge is -2.10. The molecule has 28 heavy (non-hydrogen) atoms. The normalized spacial score (nSPS) is 14.3. The molecule has 4 heteroatoms. The Morgan fingerprint density at radius 2 is 1.57 bits per heavy atom. The molecule has 0 atom stereocenters. The van der Waals surface area contributed by atoms with Crippen molar-refractivity contribution in [3.05, 3.63) is 60.2 Å². The van der Waals surface area contributed by atoms with Crippen molar-refractivity contribution in [2.45, 2.75) is 57.8 Å². The monoisotopic (exact) mass is 383 g/mol. The number of benzene rings is 2. The van der Waals surface area contributed by atoms with E-state index in [1.807, 2.05) is 18.2 Å². The maximum absolute atomic E-state index is 5.92. The number of hydrogen-bond acceptors (Lipinski definition) is 4. The molecule has 1 saturated heterocycles. The molecule has 0 amide bonds. The molecule has 1 aliphatic heterocycles. The first kappa shape index (κ1) is 20.7. The molecule has 2 aromatic carbocycles. The Bertz CT molecular complexity index is 656. The van der Waals surface area contributed by atoms with Gasteiger partial charge in [0.2, 0.25) is 0 Å². The van der Waals surface area contributed by atoms with Crippen molar-refractivity contribution in [2.75, 3.05) is 25.1 Å². The molecule has 0 aromatic heterocycles. The lowest BCUT2D eigenvalue weighted by Crippen LogP contribution is -2.06. The van der Waals surface area contributed by atoms with Crippen LogP contribution in [0.1, 0.15) is 50.5 Å². The minimum atomic E-state index is 0.0614. The molecule has 3 rings (SSSR count). The van der Waals surface area contributed by atoms with Gasteiger partial charge in [0.05, 0.1) is 19.8 Å². The molecule has 0 spiro atoms. The summed E-state index contributed by atoms with van der Waals surface area (Å²) in [6, 6.07) is 18.7. The van der Waals surface area contributed by atoms with Gasteiger partial charge in [0, 0.05) is 18.3 Å². The van der Waals surface area contributed by atoms with E-state index in [0.29, 0.717) is 0 Å². The van der Waals surface area contributed by atoms with Crippen LogP contribution in [0.15, 0.2) is 54.6 Å². The van der Waals surface area contributed by atoms with E-state index >= 15 is 0 Å². The van der Waals surface area contributed by atoms with Gasteiger partial charge in [-0.15, -0.1) is 0 Å². The van der Waals surface area contributed by atoms with Gasteiger partial charge in [-0.05, 0) is 37.0 Å². The Hall–Kier alpha value is -2.04. The molecule has 0 bridgehead atoms. The van der Waals surface area contributed by atoms with Gasteiger partial charge < -0.3 is 19.5 Å². The van der Waals surface area contributed by atoms with Crippen LogP contribution in [0.4, 0.5) is 5.69 Å². The molecular formula is C24H33NO3. The topological polar surface area (TPSA) is 39.7 Å². The highest BCUT2D eigenvalue weighted by molar-refractivity contribution is 5.48. The van der Waals surface area contributed by atoms with E-state index in [1.165, 1.54) is 37.7 Å². The number of rotatable bonds is 13. The summed E-state index contributed by atoms with van der Waals surface area (Å²) < 4.78 is 16.8. The fourth-order valence-electron chi connectivity index (χ4n) is 3.38. The van der Waals surface area contributed by atoms with Gasteiger partial charge in [-0.1, -0.05) is 62.1 Å². The minimum absolute atomic E-state index is 0.0614. The summed E-state index contributed by atoms with van der Waals surface area (Å²) in [5.41, 5.74) is 2.37. The number of ether oxygens (including phenoxy) is 3. The molecule has 1 N–H and O–H groups in total. The van der Waals surface area contributed by atoms with E-state index in [1.54, 1.807) is 0 Å². The largest absolute Gasteiger partial charge is 0.494 e. The van der Waals surface area contributed by atoms with E-state index in [9.17, 15) is 0 Å². The Balaban J connectivity index is 1.22. The molecule has 0 saturated carbocycles. The summed E-state index contributed by atoms with van der Waals surface area (Å²) in [7, 11) is 0. The molecule has 0 radical (unpaired) electrons. The summed E-state index contributed by atoms with van der Waals surface area (Å²) in [5, 5.41) is 3.45. The van der Waals surface area contributed by atoms with Crippen LogP contribution in [-0.4, -0.2) is 26.1 Å². The first-order valence-corrected chi connectivity index (χ1v) is 10.6. The lowest BCUT2D eigenvalue weighted by molar-refractivity contribution is -0.0480. The third kappa shape index (κ3) is 7.91. The van der Waals surface area contributed by atoms with Crippen molar-refractivity contribution in [1.29, 1.82) is 0 Å². The maximum Gasteiger partial charge on any atom is 0.157 e. The third-order valence-corrected chi connectivity index (χ3v) is 4.97. The molecule has 152 valence electrons. The fourth-order valence-corrected chi connectivity index (χ4v) is 3.38. The van der Waals surface area contributed by atoms with Crippen LogP contribution >= 0.6 is 0 Å².